The van der Waals surface area contributed by atoms with E-state index < -0.39 is 0 Å². The number of carbonyl (C=O) groups excluding carboxylic acids is 1. The third-order valence-electron chi connectivity index (χ3n) is 3.22. The van der Waals surface area contributed by atoms with Gasteiger partial charge in [-0.1, -0.05) is 24.3 Å². The summed E-state index contributed by atoms with van der Waals surface area (Å²) >= 11 is 0. The van der Waals surface area contributed by atoms with Crippen molar-refractivity contribution in [3.8, 4) is 11.1 Å². The third-order valence-corrected chi connectivity index (χ3v) is 3.22. The molecule has 0 fully saturated rings. The molecule has 21 heavy (non-hydrogen) atoms. The van der Waals surface area contributed by atoms with Crippen molar-refractivity contribution in [3.63, 3.8) is 0 Å². The first-order chi connectivity index (χ1) is 10.2. The standard InChI is InChI=1S/C16H19N3O2/c1-12(19-16(20)7-8-21-2)13-3-5-14(6-4-13)15-9-17-11-18-10-15/h3-6,9-12H,7-8H2,1-2H3,(H,19,20)/t12-/m0/s1. The number of carbonyl (C=O) groups is 1. The summed E-state index contributed by atoms with van der Waals surface area (Å²) in [5, 5.41) is 2.95. The van der Waals surface area contributed by atoms with E-state index in [-0.39, 0.29) is 11.9 Å². The van der Waals surface area contributed by atoms with Crippen LogP contribution in [0.1, 0.15) is 24.9 Å². The van der Waals surface area contributed by atoms with Crippen LogP contribution in [0.15, 0.2) is 43.0 Å². The molecule has 0 aliphatic heterocycles. The molecule has 5 nitrogen and oxygen atoms in total. The van der Waals surface area contributed by atoms with E-state index in [2.05, 4.69) is 15.3 Å². The van der Waals surface area contributed by atoms with E-state index in [1.54, 1.807) is 19.5 Å². The minimum Gasteiger partial charge on any atom is -0.384 e. The van der Waals surface area contributed by atoms with E-state index >= 15 is 0 Å². The van der Waals surface area contributed by atoms with Crippen LogP contribution >= 0.6 is 0 Å². The van der Waals surface area contributed by atoms with Crippen LogP contribution in [0.2, 0.25) is 0 Å². The summed E-state index contributed by atoms with van der Waals surface area (Å²) in [5.74, 6) is -0.00936. The van der Waals surface area contributed by atoms with E-state index in [0.717, 1.165) is 16.7 Å². The fourth-order valence-electron chi connectivity index (χ4n) is 2.00. The van der Waals surface area contributed by atoms with Crippen LogP contribution in [0.4, 0.5) is 0 Å². The van der Waals surface area contributed by atoms with Crippen molar-refractivity contribution in [2.45, 2.75) is 19.4 Å². The van der Waals surface area contributed by atoms with Gasteiger partial charge in [-0.25, -0.2) is 9.97 Å². The number of nitrogens with one attached hydrogen (secondary N) is 1. The first-order valence-electron chi connectivity index (χ1n) is 6.84. The van der Waals surface area contributed by atoms with Gasteiger partial charge in [0.15, 0.2) is 0 Å². The Morgan fingerprint density at radius 3 is 2.48 bits per heavy atom. The minimum absolute atomic E-state index is 0.00936. The largest absolute Gasteiger partial charge is 0.384 e. The normalized spacial score (nSPS) is 11.9. The maximum absolute atomic E-state index is 11.7. The summed E-state index contributed by atoms with van der Waals surface area (Å²) in [6.45, 7) is 2.40. The quantitative estimate of drug-likeness (QED) is 0.885. The van der Waals surface area contributed by atoms with Crippen LogP contribution in [0, 0.1) is 0 Å². The Morgan fingerprint density at radius 1 is 1.19 bits per heavy atom. The molecule has 110 valence electrons. The van der Waals surface area contributed by atoms with Gasteiger partial charge in [0.2, 0.25) is 5.91 Å². The molecule has 0 radical (unpaired) electrons. The Hall–Kier alpha value is -2.27. The van der Waals surface area contributed by atoms with Gasteiger partial charge in [-0.2, -0.15) is 0 Å². The molecule has 0 bridgehead atoms. The van der Waals surface area contributed by atoms with Gasteiger partial charge in [0.05, 0.1) is 12.6 Å². The van der Waals surface area contributed by atoms with Crippen LogP contribution in [0.25, 0.3) is 11.1 Å². The molecular formula is C16H19N3O2. The number of rotatable bonds is 6. The first-order valence-corrected chi connectivity index (χ1v) is 6.84. The zero-order valence-corrected chi connectivity index (χ0v) is 12.2. The molecule has 5 heteroatoms. The predicted octanol–water partition coefficient (Wildman–Crippen LogP) is 2.36. The lowest BCUT2D eigenvalue weighted by molar-refractivity contribution is -0.122. The molecule has 2 rings (SSSR count). The highest BCUT2D eigenvalue weighted by Gasteiger charge is 2.09. The summed E-state index contributed by atoms with van der Waals surface area (Å²) in [7, 11) is 1.59. The van der Waals surface area contributed by atoms with Crippen molar-refractivity contribution in [1.82, 2.24) is 15.3 Å². The Labute approximate surface area is 124 Å². The number of amides is 1. The Kier molecular flexibility index (Phi) is 5.40. The molecule has 0 saturated carbocycles. The average Bonchev–Trinajstić information content (AvgIpc) is 2.54. The fourth-order valence-corrected chi connectivity index (χ4v) is 2.00. The summed E-state index contributed by atoms with van der Waals surface area (Å²) in [6, 6.07) is 7.99. The fraction of sp³-hybridized carbons (Fsp3) is 0.312. The second-order valence-corrected chi connectivity index (χ2v) is 4.78. The van der Waals surface area contributed by atoms with Crippen LogP contribution in [0.3, 0.4) is 0 Å². The maximum Gasteiger partial charge on any atom is 0.222 e. The van der Waals surface area contributed by atoms with Crippen molar-refractivity contribution < 1.29 is 9.53 Å². The molecule has 1 aromatic heterocycles. The SMILES string of the molecule is COCCC(=O)N[C@@H](C)c1ccc(-c2cncnc2)cc1. The van der Waals surface area contributed by atoms with Gasteiger partial charge in [0, 0.05) is 31.5 Å². The predicted molar refractivity (Wildman–Crippen MR) is 80.5 cm³/mol. The van der Waals surface area contributed by atoms with Crippen LogP contribution < -0.4 is 5.32 Å². The lowest BCUT2D eigenvalue weighted by Crippen LogP contribution is -2.27. The topological polar surface area (TPSA) is 64.1 Å². The van der Waals surface area contributed by atoms with Crippen LogP contribution in [0.5, 0.6) is 0 Å². The smallest absolute Gasteiger partial charge is 0.222 e. The number of nitrogens with zero attached hydrogens (tertiary/aromatic N) is 2. The van der Waals surface area contributed by atoms with Crippen molar-refractivity contribution in [2.75, 3.05) is 13.7 Å². The van der Waals surface area contributed by atoms with Gasteiger partial charge < -0.3 is 10.1 Å². The number of ether oxygens (including phenoxy) is 1. The molecule has 1 heterocycles. The number of hydrogen-bond acceptors (Lipinski definition) is 4. The highest BCUT2D eigenvalue weighted by molar-refractivity contribution is 5.76. The van der Waals surface area contributed by atoms with E-state index in [1.807, 2.05) is 31.2 Å². The second kappa shape index (κ2) is 7.50. The second-order valence-electron chi connectivity index (χ2n) is 4.78. The van der Waals surface area contributed by atoms with Gasteiger partial charge in [-0.05, 0) is 18.1 Å². The van der Waals surface area contributed by atoms with Gasteiger partial charge in [-0.3, -0.25) is 4.79 Å². The number of methoxy groups -OCH3 is 1. The van der Waals surface area contributed by atoms with Gasteiger partial charge in [-0.15, -0.1) is 0 Å². The van der Waals surface area contributed by atoms with Crippen molar-refractivity contribution >= 4 is 5.91 Å². The molecule has 2 aromatic rings. The lowest BCUT2D eigenvalue weighted by atomic mass is 10.0. The van der Waals surface area contributed by atoms with E-state index in [0.29, 0.717) is 13.0 Å². The Balaban J connectivity index is 2.00. The van der Waals surface area contributed by atoms with E-state index in [4.69, 9.17) is 4.74 Å². The first kappa shape index (κ1) is 15.1. The number of aromatic nitrogens is 2. The Bertz CT molecular complexity index is 570. The van der Waals surface area contributed by atoms with E-state index in [9.17, 15) is 4.79 Å². The highest BCUT2D eigenvalue weighted by Crippen LogP contribution is 2.20. The molecular weight excluding hydrogens is 266 g/mol. The van der Waals surface area contributed by atoms with Gasteiger partial charge in [0.1, 0.15) is 6.33 Å². The van der Waals surface area contributed by atoms with Crippen LogP contribution in [-0.2, 0) is 9.53 Å². The monoisotopic (exact) mass is 285 g/mol. The zero-order valence-electron chi connectivity index (χ0n) is 12.2. The van der Waals surface area contributed by atoms with Gasteiger partial charge in [0.25, 0.3) is 0 Å². The minimum atomic E-state index is -0.0320. The number of hydrogen-bond donors (Lipinski definition) is 1. The Morgan fingerprint density at radius 2 is 1.86 bits per heavy atom. The highest BCUT2D eigenvalue weighted by atomic mass is 16.5. The van der Waals surface area contributed by atoms with Crippen LogP contribution in [-0.4, -0.2) is 29.6 Å². The van der Waals surface area contributed by atoms with Crippen molar-refractivity contribution in [2.24, 2.45) is 0 Å². The molecule has 1 aromatic carbocycles. The molecule has 0 aliphatic rings. The molecule has 1 amide bonds. The van der Waals surface area contributed by atoms with E-state index in [1.165, 1.54) is 6.33 Å². The lowest BCUT2D eigenvalue weighted by Gasteiger charge is -2.14. The molecule has 0 saturated heterocycles. The molecule has 0 aliphatic carbocycles. The molecule has 0 unspecified atom stereocenters. The molecule has 1 atom stereocenters. The van der Waals surface area contributed by atoms with Gasteiger partial charge >= 0.3 is 0 Å². The van der Waals surface area contributed by atoms with Crippen molar-refractivity contribution in [1.29, 1.82) is 0 Å². The summed E-state index contributed by atoms with van der Waals surface area (Å²) in [5.41, 5.74) is 3.08. The summed E-state index contributed by atoms with van der Waals surface area (Å²) in [6.07, 6.45) is 5.44. The summed E-state index contributed by atoms with van der Waals surface area (Å²) in [4.78, 5) is 19.7. The van der Waals surface area contributed by atoms with Crippen molar-refractivity contribution in [3.05, 3.63) is 48.5 Å². The third kappa shape index (κ3) is 4.36. The maximum atomic E-state index is 11.7. The average molecular weight is 285 g/mol. The zero-order chi connectivity index (χ0) is 15.1. The summed E-state index contributed by atoms with van der Waals surface area (Å²) < 4.78 is 4.89. The number of benzene rings is 1. The molecule has 1 N–H and O–H groups in total. The molecule has 0 spiro atoms.